The molecule has 0 aliphatic carbocycles. The molecule has 0 bridgehead atoms. The fourth-order valence-corrected chi connectivity index (χ4v) is 3.21. The van der Waals surface area contributed by atoms with Crippen molar-refractivity contribution in [3.63, 3.8) is 0 Å². The SMILES string of the molecule is CCc1ccc(NC(=O)c2cc(COc3ccc([N+](=O)[O-])cc3)cs2)cc1. The van der Waals surface area contributed by atoms with Gasteiger partial charge in [0.1, 0.15) is 12.4 Å². The zero-order valence-corrected chi connectivity index (χ0v) is 15.5. The van der Waals surface area contributed by atoms with E-state index in [0.29, 0.717) is 10.6 Å². The molecule has 0 saturated carbocycles. The van der Waals surface area contributed by atoms with Crippen LogP contribution in [0.2, 0.25) is 0 Å². The van der Waals surface area contributed by atoms with Crippen LogP contribution in [0.25, 0.3) is 0 Å². The number of nitro benzene ring substituents is 1. The van der Waals surface area contributed by atoms with Crippen LogP contribution >= 0.6 is 11.3 Å². The van der Waals surface area contributed by atoms with Crippen LogP contribution in [0.15, 0.2) is 60.0 Å². The average molecular weight is 382 g/mol. The third-order valence-corrected chi connectivity index (χ3v) is 4.93. The number of thiophene rings is 1. The predicted molar refractivity (Wildman–Crippen MR) is 106 cm³/mol. The largest absolute Gasteiger partial charge is 0.489 e. The molecule has 1 amide bonds. The highest BCUT2D eigenvalue weighted by molar-refractivity contribution is 7.12. The van der Waals surface area contributed by atoms with Gasteiger partial charge in [-0.2, -0.15) is 0 Å². The van der Waals surface area contributed by atoms with E-state index in [1.807, 2.05) is 29.6 Å². The summed E-state index contributed by atoms with van der Waals surface area (Å²) in [7, 11) is 0. The van der Waals surface area contributed by atoms with Gasteiger partial charge in [-0.25, -0.2) is 0 Å². The summed E-state index contributed by atoms with van der Waals surface area (Å²) in [6.07, 6.45) is 0.956. The molecule has 0 radical (unpaired) electrons. The van der Waals surface area contributed by atoms with Gasteiger partial charge in [0.25, 0.3) is 11.6 Å². The molecule has 0 aliphatic rings. The fraction of sp³-hybridized carbons (Fsp3) is 0.150. The van der Waals surface area contributed by atoms with Crippen LogP contribution in [0.5, 0.6) is 5.75 Å². The molecule has 1 N–H and O–H groups in total. The molecule has 1 aromatic heterocycles. The first kappa shape index (κ1) is 18.6. The number of nitrogens with one attached hydrogen (secondary N) is 1. The summed E-state index contributed by atoms with van der Waals surface area (Å²) in [6.45, 7) is 2.37. The molecule has 0 atom stereocenters. The lowest BCUT2D eigenvalue weighted by Crippen LogP contribution is -2.10. The highest BCUT2D eigenvalue weighted by Gasteiger charge is 2.10. The normalized spacial score (nSPS) is 10.4. The van der Waals surface area contributed by atoms with E-state index in [1.54, 1.807) is 18.2 Å². The molecule has 3 rings (SSSR count). The highest BCUT2D eigenvalue weighted by atomic mass is 32.1. The number of carbonyl (C=O) groups is 1. The molecular formula is C20H18N2O4S. The van der Waals surface area contributed by atoms with Gasteiger partial charge in [0, 0.05) is 23.4 Å². The molecule has 0 aliphatic heterocycles. The van der Waals surface area contributed by atoms with Gasteiger partial charge in [-0.05, 0) is 47.7 Å². The Morgan fingerprint density at radius 1 is 1.11 bits per heavy atom. The van der Waals surface area contributed by atoms with Crippen molar-refractivity contribution in [3.8, 4) is 5.75 Å². The minimum absolute atomic E-state index is 0.0174. The van der Waals surface area contributed by atoms with Gasteiger partial charge in [0.2, 0.25) is 0 Å². The van der Waals surface area contributed by atoms with E-state index < -0.39 is 4.92 Å². The van der Waals surface area contributed by atoms with Crippen LogP contribution < -0.4 is 10.1 Å². The van der Waals surface area contributed by atoms with Gasteiger partial charge in [-0.3, -0.25) is 14.9 Å². The van der Waals surface area contributed by atoms with Crippen molar-refractivity contribution in [2.75, 3.05) is 5.32 Å². The number of amides is 1. The number of hydrogen-bond acceptors (Lipinski definition) is 5. The van der Waals surface area contributed by atoms with Crippen molar-refractivity contribution < 1.29 is 14.5 Å². The monoisotopic (exact) mass is 382 g/mol. The second-order valence-electron chi connectivity index (χ2n) is 5.86. The summed E-state index contributed by atoms with van der Waals surface area (Å²) in [4.78, 5) is 23.1. The van der Waals surface area contributed by atoms with Crippen molar-refractivity contribution in [2.45, 2.75) is 20.0 Å². The Morgan fingerprint density at radius 3 is 2.44 bits per heavy atom. The predicted octanol–water partition coefficient (Wildman–Crippen LogP) is 5.05. The fourth-order valence-electron chi connectivity index (χ4n) is 2.42. The third-order valence-electron chi connectivity index (χ3n) is 3.95. The lowest BCUT2D eigenvalue weighted by Gasteiger charge is -2.05. The van der Waals surface area contributed by atoms with E-state index in [4.69, 9.17) is 4.74 Å². The molecule has 0 spiro atoms. The summed E-state index contributed by atoms with van der Waals surface area (Å²) >= 11 is 1.34. The maximum atomic E-state index is 12.4. The number of ether oxygens (including phenoxy) is 1. The van der Waals surface area contributed by atoms with E-state index in [-0.39, 0.29) is 18.2 Å². The van der Waals surface area contributed by atoms with Gasteiger partial charge < -0.3 is 10.1 Å². The van der Waals surface area contributed by atoms with Crippen molar-refractivity contribution in [1.29, 1.82) is 0 Å². The van der Waals surface area contributed by atoms with Gasteiger partial charge in [0.15, 0.2) is 0 Å². The Morgan fingerprint density at radius 2 is 1.81 bits per heavy atom. The number of nitrogens with zero attached hydrogens (tertiary/aromatic N) is 1. The number of benzene rings is 2. The Bertz CT molecular complexity index is 933. The molecule has 2 aromatic carbocycles. The summed E-state index contributed by atoms with van der Waals surface area (Å²) in [5.74, 6) is 0.375. The van der Waals surface area contributed by atoms with E-state index in [9.17, 15) is 14.9 Å². The lowest BCUT2D eigenvalue weighted by molar-refractivity contribution is -0.384. The number of anilines is 1. The summed E-state index contributed by atoms with van der Waals surface area (Å²) in [6, 6.07) is 15.5. The van der Waals surface area contributed by atoms with Crippen molar-refractivity contribution in [3.05, 3.63) is 86.1 Å². The standard InChI is InChI=1S/C20H18N2O4S/c1-2-14-3-5-16(6-4-14)21-20(23)19-11-15(13-27-19)12-26-18-9-7-17(8-10-18)22(24)25/h3-11,13H,2,12H2,1H3,(H,21,23). The first-order chi connectivity index (χ1) is 13.0. The molecule has 6 nitrogen and oxygen atoms in total. The number of aryl methyl sites for hydroxylation is 1. The lowest BCUT2D eigenvalue weighted by atomic mass is 10.1. The molecule has 0 fully saturated rings. The molecule has 0 unspecified atom stereocenters. The minimum Gasteiger partial charge on any atom is -0.489 e. The second kappa shape index (κ2) is 8.46. The topological polar surface area (TPSA) is 81.5 Å². The van der Waals surface area contributed by atoms with Crippen LogP contribution in [-0.4, -0.2) is 10.8 Å². The zero-order valence-electron chi connectivity index (χ0n) is 14.7. The highest BCUT2D eigenvalue weighted by Crippen LogP contribution is 2.21. The molecule has 138 valence electrons. The number of non-ortho nitro benzene ring substituents is 1. The Labute approximate surface area is 160 Å². The van der Waals surface area contributed by atoms with Crippen LogP contribution in [0.3, 0.4) is 0 Å². The molecule has 7 heteroatoms. The van der Waals surface area contributed by atoms with Gasteiger partial charge >= 0.3 is 0 Å². The molecule has 0 saturated heterocycles. The molecule has 1 heterocycles. The average Bonchev–Trinajstić information content (AvgIpc) is 3.16. The maximum Gasteiger partial charge on any atom is 0.269 e. The van der Waals surface area contributed by atoms with Gasteiger partial charge in [-0.15, -0.1) is 11.3 Å². The summed E-state index contributed by atoms with van der Waals surface area (Å²) in [5.41, 5.74) is 2.86. The van der Waals surface area contributed by atoms with Crippen LogP contribution in [-0.2, 0) is 13.0 Å². The smallest absolute Gasteiger partial charge is 0.269 e. The first-order valence-corrected chi connectivity index (χ1v) is 9.28. The van der Waals surface area contributed by atoms with Crippen molar-refractivity contribution in [1.82, 2.24) is 0 Å². The molecule has 3 aromatic rings. The number of carbonyl (C=O) groups excluding carboxylic acids is 1. The quantitative estimate of drug-likeness (QED) is 0.458. The Kier molecular flexibility index (Phi) is 5.83. The number of nitro groups is 1. The van der Waals surface area contributed by atoms with Crippen molar-refractivity contribution >= 4 is 28.6 Å². The maximum absolute atomic E-state index is 12.4. The van der Waals surface area contributed by atoms with Gasteiger partial charge in [-0.1, -0.05) is 19.1 Å². The minimum atomic E-state index is -0.455. The van der Waals surface area contributed by atoms with Crippen molar-refractivity contribution in [2.24, 2.45) is 0 Å². The Hall–Kier alpha value is -3.19. The molecule has 27 heavy (non-hydrogen) atoms. The second-order valence-corrected chi connectivity index (χ2v) is 6.77. The zero-order chi connectivity index (χ0) is 19.2. The number of rotatable bonds is 7. The van der Waals surface area contributed by atoms with E-state index in [2.05, 4.69) is 12.2 Å². The summed E-state index contributed by atoms with van der Waals surface area (Å²) in [5, 5.41) is 15.4. The van der Waals surface area contributed by atoms with Crippen LogP contribution in [0, 0.1) is 10.1 Å². The van der Waals surface area contributed by atoms with E-state index >= 15 is 0 Å². The van der Waals surface area contributed by atoms with E-state index in [1.165, 1.54) is 29.0 Å². The first-order valence-electron chi connectivity index (χ1n) is 8.40. The van der Waals surface area contributed by atoms with Crippen LogP contribution in [0.1, 0.15) is 27.7 Å². The third kappa shape index (κ3) is 4.92. The van der Waals surface area contributed by atoms with Gasteiger partial charge in [0.05, 0.1) is 9.80 Å². The Balaban J connectivity index is 1.56. The van der Waals surface area contributed by atoms with E-state index in [0.717, 1.165) is 17.7 Å². The van der Waals surface area contributed by atoms with Crippen LogP contribution in [0.4, 0.5) is 11.4 Å². The number of hydrogen-bond donors (Lipinski definition) is 1. The summed E-state index contributed by atoms with van der Waals surface area (Å²) < 4.78 is 5.62. The molecular weight excluding hydrogens is 364 g/mol.